The molecular weight excluding hydrogens is 559 g/mol. The number of para-hydroxylation sites is 1. The fraction of sp³-hybridized carbons (Fsp3) is 0.360. The van der Waals surface area contributed by atoms with E-state index in [1.54, 1.807) is 55.7 Å². The van der Waals surface area contributed by atoms with Crippen LogP contribution in [0.25, 0.3) is 11.2 Å². The van der Waals surface area contributed by atoms with Crippen molar-refractivity contribution in [3.8, 4) is 5.75 Å². The molecule has 3 rings (SSSR count). The van der Waals surface area contributed by atoms with Crippen LogP contribution in [-0.2, 0) is 39.8 Å². The Labute approximate surface area is 235 Å². The molecule has 2 aromatic heterocycles. The second kappa shape index (κ2) is 14.3. The largest absolute Gasteiger partial charge is 0.478 e. The molecule has 3 unspecified atom stereocenters. The number of aliphatic carboxylic acids is 1. The first-order valence-electron chi connectivity index (χ1n) is 12.4. The van der Waals surface area contributed by atoms with Crippen molar-refractivity contribution in [2.24, 2.45) is 0 Å². The number of imidazole rings is 1. The molecule has 16 heteroatoms. The van der Waals surface area contributed by atoms with Crippen molar-refractivity contribution in [1.29, 1.82) is 0 Å². The highest BCUT2D eigenvalue weighted by molar-refractivity contribution is 7.57. The highest BCUT2D eigenvalue weighted by atomic mass is 31.2. The van der Waals surface area contributed by atoms with Gasteiger partial charge in [0.2, 0.25) is 0 Å². The molecule has 1 aromatic carbocycles. The van der Waals surface area contributed by atoms with Crippen LogP contribution in [0, 0.1) is 0 Å². The van der Waals surface area contributed by atoms with E-state index in [1.807, 2.05) is 0 Å². The number of carbonyl (C=O) groups is 3. The maximum atomic E-state index is 13.8. The molecule has 0 aliphatic heterocycles. The summed E-state index contributed by atoms with van der Waals surface area (Å²) < 4.78 is 32.3. The highest BCUT2D eigenvalue weighted by Gasteiger charge is 2.32. The number of benzene rings is 1. The maximum Gasteiger partial charge on any atom is 0.356 e. The lowest BCUT2D eigenvalue weighted by atomic mass is 10.3. The summed E-state index contributed by atoms with van der Waals surface area (Å²) in [5.74, 6) is -2.43. The maximum absolute atomic E-state index is 13.8. The smallest absolute Gasteiger partial charge is 0.356 e. The minimum absolute atomic E-state index is 0.0756. The summed E-state index contributed by atoms with van der Waals surface area (Å²) in [6.07, 6.45) is 2.82. The number of ether oxygens (including phenoxy) is 2. The van der Waals surface area contributed by atoms with Crippen molar-refractivity contribution in [3.05, 3.63) is 55.1 Å². The zero-order valence-corrected chi connectivity index (χ0v) is 23.7. The standard InChI is InChI=1S/C25H31N6O9P/c1-16(2)38-25(35)18(4)30-41(36,40-19-8-6-5-7-9-19)15-37-17(3)12-31-14-28-22-23(26-13-27-24(22)31)29-39-21(34)11-10-20(32)33/h5-11,13-14,16-18H,12,15H2,1-4H3,(H,30,36)(H,32,33)(H,26,27,29). The monoisotopic (exact) mass is 590 g/mol. The van der Waals surface area contributed by atoms with Gasteiger partial charge in [-0.25, -0.2) is 29.6 Å². The lowest BCUT2D eigenvalue weighted by molar-refractivity contribution is -0.149. The average Bonchev–Trinajstić information content (AvgIpc) is 3.33. The van der Waals surface area contributed by atoms with Gasteiger partial charge in [-0.05, 0) is 39.8 Å². The molecule has 3 atom stereocenters. The summed E-state index contributed by atoms with van der Waals surface area (Å²) in [6.45, 7) is 6.92. The number of hydrogen-bond donors (Lipinski definition) is 3. The predicted octanol–water partition coefficient (Wildman–Crippen LogP) is 2.90. The number of nitrogens with zero attached hydrogens (tertiary/aromatic N) is 4. The van der Waals surface area contributed by atoms with Crippen molar-refractivity contribution < 1.29 is 42.9 Å². The molecule has 2 heterocycles. The summed E-state index contributed by atoms with van der Waals surface area (Å²) in [5, 5.41) is 11.3. The second-order valence-corrected chi connectivity index (χ2v) is 11.1. The molecule has 0 saturated carbocycles. The molecule has 0 saturated heterocycles. The van der Waals surface area contributed by atoms with Gasteiger partial charge in [-0.15, -0.1) is 0 Å². The summed E-state index contributed by atoms with van der Waals surface area (Å²) in [6, 6.07) is 7.58. The van der Waals surface area contributed by atoms with Crippen LogP contribution in [0.2, 0.25) is 0 Å². The lowest BCUT2D eigenvalue weighted by Gasteiger charge is -2.25. The van der Waals surface area contributed by atoms with E-state index in [0.717, 1.165) is 6.08 Å². The summed E-state index contributed by atoms with van der Waals surface area (Å²) >= 11 is 0. The predicted molar refractivity (Wildman–Crippen MR) is 146 cm³/mol. The van der Waals surface area contributed by atoms with E-state index < -0.39 is 37.6 Å². The van der Waals surface area contributed by atoms with Gasteiger partial charge >= 0.3 is 25.4 Å². The van der Waals surface area contributed by atoms with Crippen LogP contribution in [0.4, 0.5) is 5.82 Å². The fourth-order valence-electron chi connectivity index (χ4n) is 3.34. The first-order valence-corrected chi connectivity index (χ1v) is 14.2. The Morgan fingerprint density at radius 3 is 2.49 bits per heavy atom. The molecule has 41 heavy (non-hydrogen) atoms. The van der Waals surface area contributed by atoms with Crippen molar-refractivity contribution in [1.82, 2.24) is 24.6 Å². The first-order chi connectivity index (χ1) is 19.5. The van der Waals surface area contributed by atoms with Gasteiger partial charge in [0.1, 0.15) is 24.5 Å². The van der Waals surface area contributed by atoms with E-state index in [-0.39, 0.29) is 30.3 Å². The van der Waals surface area contributed by atoms with Crippen LogP contribution in [0.5, 0.6) is 5.75 Å². The van der Waals surface area contributed by atoms with E-state index in [9.17, 15) is 18.9 Å². The van der Waals surface area contributed by atoms with Crippen molar-refractivity contribution >= 4 is 42.4 Å². The molecule has 0 spiro atoms. The number of carboxylic acid groups (broad SMARTS) is 1. The minimum atomic E-state index is -3.75. The van der Waals surface area contributed by atoms with Crippen LogP contribution in [0.3, 0.4) is 0 Å². The molecule has 3 aromatic rings. The second-order valence-electron chi connectivity index (χ2n) is 9.01. The molecule has 220 valence electrons. The molecule has 0 aliphatic rings. The average molecular weight is 591 g/mol. The van der Waals surface area contributed by atoms with Gasteiger partial charge in [0.25, 0.3) is 0 Å². The molecule has 0 radical (unpaired) electrons. The number of carboxylic acids is 1. The molecular formula is C25H31N6O9P. The third-order valence-electron chi connectivity index (χ3n) is 5.09. The van der Waals surface area contributed by atoms with Gasteiger partial charge in [0.05, 0.1) is 25.1 Å². The molecule has 0 fully saturated rings. The molecule has 3 N–H and O–H groups in total. The van der Waals surface area contributed by atoms with E-state index in [2.05, 4.69) is 25.5 Å². The summed E-state index contributed by atoms with van der Waals surface area (Å²) in [4.78, 5) is 51.7. The quantitative estimate of drug-likeness (QED) is 0.101. The Kier molecular flexibility index (Phi) is 10.9. The molecule has 0 amide bonds. The van der Waals surface area contributed by atoms with Crippen molar-refractivity contribution in [3.63, 3.8) is 0 Å². The fourth-order valence-corrected chi connectivity index (χ4v) is 5.13. The van der Waals surface area contributed by atoms with E-state index in [0.29, 0.717) is 17.5 Å². The Hall–Kier alpha value is -4.33. The van der Waals surface area contributed by atoms with Gasteiger partial charge in [-0.1, -0.05) is 18.2 Å². The number of anilines is 1. The third kappa shape index (κ3) is 9.67. The van der Waals surface area contributed by atoms with Gasteiger partial charge in [0, 0.05) is 12.2 Å². The number of hydrogen-bond acceptors (Lipinski definition) is 12. The number of fused-ring (bicyclic) bond motifs is 1. The summed E-state index contributed by atoms with van der Waals surface area (Å²) in [7, 11) is -3.75. The Morgan fingerprint density at radius 2 is 1.80 bits per heavy atom. The van der Waals surface area contributed by atoms with Gasteiger partial charge < -0.3 is 28.5 Å². The third-order valence-corrected chi connectivity index (χ3v) is 6.86. The SMILES string of the molecule is CC(C)OC(=O)C(C)NP(=O)(COC(C)Cn1cnc2c(NOC(=O)C=CC(=O)O)ncnc21)Oc1ccccc1. The van der Waals surface area contributed by atoms with Crippen LogP contribution in [0.1, 0.15) is 27.7 Å². The molecule has 0 bridgehead atoms. The normalized spacial score (nSPS) is 14.4. The van der Waals surface area contributed by atoms with Crippen LogP contribution in [-0.4, -0.2) is 67.1 Å². The minimum Gasteiger partial charge on any atom is -0.478 e. The number of carbonyl (C=O) groups excluding carboxylic acids is 2. The molecule has 15 nitrogen and oxygen atoms in total. The Balaban J connectivity index is 1.68. The zero-order valence-electron chi connectivity index (χ0n) is 22.8. The van der Waals surface area contributed by atoms with Crippen molar-refractivity contribution in [2.45, 2.75) is 52.5 Å². The van der Waals surface area contributed by atoms with Crippen molar-refractivity contribution in [2.75, 3.05) is 11.8 Å². The number of nitrogens with one attached hydrogen (secondary N) is 2. The molecule has 0 aliphatic carbocycles. The van der Waals surface area contributed by atoms with E-state index >= 15 is 0 Å². The Morgan fingerprint density at radius 1 is 1.07 bits per heavy atom. The van der Waals surface area contributed by atoms with E-state index in [4.69, 9.17) is 23.9 Å². The van der Waals surface area contributed by atoms with Crippen LogP contribution < -0.4 is 15.1 Å². The first kappa shape index (κ1) is 31.2. The van der Waals surface area contributed by atoms with Gasteiger partial charge in [-0.2, -0.15) is 5.48 Å². The zero-order chi connectivity index (χ0) is 30.0. The number of rotatable bonds is 15. The number of esters is 1. The Bertz CT molecular complexity index is 1430. The van der Waals surface area contributed by atoms with E-state index in [1.165, 1.54) is 19.6 Å². The summed E-state index contributed by atoms with van der Waals surface area (Å²) in [5.41, 5.74) is 2.98. The van der Waals surface area contributed by atoms with Crippen LogP contribution in [0.15, 0.2) is 55.1 Å². The van der Waals surface area contributed by atoms with Gasteiger partial charge in [-0.3, -0.25) is 9.36 Å². The highest BCUT2D eigenvalue weighted by Crippen LogP contribution is 2.44. The topological polar surface area (TPSA) is 193 Å². The van der Waals surface area contributed by atoms with Gasteiger partial charge in [0.15, 0.2) is 17.0 Å². The number of aromatic nitrogens is 4. The lowest BCUT2D eigenvalue weighted by Crippen LogP contribution is -2.37. The van der Waals surface area contributed by atoms with Crippen LogP contribution >= 0.6 is 7.52 Å².